The molecule has 30 heavy (non-hydrogen) atoms. The molecule has 10 heteroatoms. The van der Waals surface area contributed by atoms with Crippen molar-refractivity contribution < 1.29 is 0 Å². The fourth-order valence-electron chi connectivity index (χ4n) is 2.85. The average molecular weight is 422 g/mol. The van der Waals surface area contributed by atoms with Crippen LogP contribution in [0.15, 0.2) is 47.9 Å². The number of anilines is 2. The smallest absolute Gasteiger partial charge is 0.208 e. The SMILES string of the molecule is Cc1[nH]nc2nc(-c3ccc(NSc4ncccn4)cc3)nc(NCCN(C)C)c12. The van der Waals surface area contributed by atoms with Gasteiger partial charge in [0.15, 0.2) is 11.5 Å². The standard InChI is InChI=1S/C20H23N9S/c1-13-16-18(21-11-12-29(2)3)24-17(25-19(16)27-26-13)14-5-7-15(8-6-14)28-30-20-22-9-4-10-23-20/h4-10,28H,11-12H2,1-3H3,(H2,21,24,25,26,27). The van der Waals surface area contributed by atoms with Crippen LogP contribution >= 0.6 is 11.9 Å². The number of H-pyrrole nitrogens is 1. The van der Waals surface area contributed by atoms with Crippen molar-refractivity contribution in [3.63, 3.8) is 0 Å². The first-order valence-electron chi connectivity index (χ1n) is 9.52. The third-order valence-corrected chi connectivity index (χ3v) is 5.12. The summed E-state index contributed by atoms with van der Waals surface area (Å²) in [4.78, 5) is 19.9. The quantitative estimate of drug-likeness (QED) is 0.292. The Hall–Kier alpha value is -3.24. The molecule has 0 saturated heterocycles. The van der Waals surface area contributed by atoms with E-state index < -0.39 is 0 Å². The van der Waals surface area contributed by atoms with Gasteiger partial charge in [-0.15, -0.1) is 0 Å². The lowest BCUT2D eigenvalue weighted by Gasteiger charge is -2.12. The number of aromatic amines is 1. The normalized spacial score (nSPS) is 11.2. The number of hydrogen-bond acceptors (Lipinski definition) is 9. The molecule has 1 aromatic carbocycles. The van der Waals surface area contributed by atoms with Gasteiger partial charge in [-0.1, -0.05) is 0 Å². The maximum Gasteiger partial charge on any atom is 0.208 e. The van der Waals surface area contributed by atoms with Crippen molar-refractivity contribution in [1.82, 2.24) is 35.0 Å². The van der Waals surface area contributed by atoms with Gasteiger partial charge in [0.25, 0.3) is 0 Å². The number of nitrogens with zero attached hydrogens (tertiary/aromatic N) is 6. The first-order valence-corrected chi connectivity index (χ1v) is 10.3. The lowest BCUT2D eigenvalue weighted by molar-refractivity contribution is 0.425. The molecule has 4 aromatic rings. The molecule has 0 aliphatic carbocycles. The molecule has 0 aliphatic rings. The number of aryl methyl sites for hydroxylation is 1. The van der Waals surface area contributed by atoms with Gasteiger partial charge >= 0.3 is 0 Å². The minimum absolute atomic E-state index is 0.631. The molecule has 154 valence electrons. The third-order valence-electron chi connectivity index (χ3n) is 4.39. The Morgan fingerprint density at radius 2 is 1.83 bits per heavy atom. The van der Waals surface area contributed by atoms with E-state index >= 15 is 0 Å². The molecule has 3 heterocycles. The molecule has 0 spiro atoms. The van der Waals surface area contributed by atoms with E-state index in [0.29, 0.717) is 16.6 Å². The number of fused-ring (bicyclic) bond motifs is 1. The second-order valence-corrected chi connectivity index (χ2v) is 7.76. The van der Waals surface area contributed by atoms with Crippen LogP contribution in [-0.4, -0.2) is 62.2 Å². The number of rotatable bonds is 8. The van der Waals surface area contributed by atoms with Gasteiger partial charge in [-0.2, -0.15) is 5.10 Å². The largest absolute Gasteiger partial charge is 0.368 e. The summed E-state index contributed by atoms with van der Waals surface area (Å²) in [6.45, 7) is 3.66. The fraction of sp³-hybridized carbons (Fsp3) is 0.250. The Bertz CT molecular complexity index is 1110. The lowest BCUT2D eigenvalue weighted by Crippen LogP contribution is -2.21. The van der Waals surface area contributed by atoms with Gasteiger partial charge in [0.2, 0.25) is 5.16 Å². The zero-order chi connectivity index (χ0) is 20.9. The van der Waals surface area contributed by atoms with E-state index in [1.54, 1.807) is 18.5 Å². The highest BCUT2D eigenvalue weighted by atomic mass is 32.2. The number of nitrogens with one attached hydrogen (secondary N) is 3. The molecule has 3 aromatic heterocycles. The summed E-state index contributed by atoms with van der Waals surface area (Å²) >= 11 is 1.36. The highest BCUT2D eigenvalue weighted by Crippen LogP contribution is 2.27. The van der Waals surface area contributed by atoms with Crippen molar-refractivity contribution in [2.45, 2.75) is 12.1 Å². The summed E-state index contributed by atoms with van der Waals surface area (Å²) < 4.78 is 3.24. The van der Waals surface area contributed by atoms with Gasteiger partial charge in [-0.25, -0.2) is 19.9 Å². The average Bonchev–Trinajstić information content (AvgIpc) is 3.14. The molecular weight excluding hydrogens is 398 g/mol. The van der Waals surface area contributed by atoms with E-state index in [0.717, 1.165) is 41.2 Å². The maximum atomic E-state index is 4.78. The Morgan fingerprint density at radius 3 is 2.57 bits per heavy atom. The highest BCUT2D eigenvalue weighted by molar-refractivity contribution is 8.00. The summed E-state index contributed by atoms with van der Waals surface area (Å²) in [6.07, 6.45) is 3.43. The van der Waals surface area contributed by atoms with Crippen molar-refractivity contribution in [3.05, 3.63) is 48.4 Å². The van der Waals surface area contributed by atoms with E-state index in [1.807, 2.05) is 45.3 Å². The van der Waals surface area contributed by atoms with Crippen LogP contribution in [0, 0.1) is 6.92 Å². The van der Waals surface area contributed by atoms with Crippen LogP contribution in [0.2, 0.25) is 0 Å². The molecule has 0 saturated carbocycles. The molecule has 0 atom stereocenters. The number of hydrogen-bond donors (Lipinski definition) is 3. The molecule has 0 unspecified atom stereocenters. The van der Waals surface area contributed by atoms with Gasteiger partial charge in [-0.05, 0) is 51.4 Å². The second-order valence-electron chi connectivity index (χ2n) is 6.99. The second kappa shape index (κ2) is 9.06. The van der Waals surface area contributed by atoms with Crippen molar-refractivity contribution in [3.8, 4) is 11.4 Å². The highest BCUT2D eigenvalue weighted by Gasteiger charge is 2.14. The van der Waals surface area contributed by atoms with Crippen LogP contribution < -0.4 is 10.0 Å². The van der Waals surface area contributed by atoms with Crippen LogP contribution in [0.4, 0.5) is 11.5 Å². The molecule has 0 bridgehead atoms. The first kappa shape index (κ1) is 20.0. The van der Waals surface area contributed by atoms with Crippen LogP contribution in [0.5, 0.6) is 0 Å². The first-order chi connectivity index (χ1) is 14.6. The van der Waals surface area contributed by atoms with E-state index in [4.69, 9.17) is 4.98 Å². The minimum atomic E-state index is 0.631. The fourth-order valence-corrected chi connectivity index (χ4v) is 3.43. The summed E-state index contributed by atoms with van der Waals surface area (Å²) in [5, 5.41) is 12.4. The molecule has 0 amide bonds. The predicted octanol–water partition coefficient (Wildman–Crippen LogP) is 3.21. The molecule has 3 N–H and O–H groups in total. The predicted molar refractivity (Wildman–Crippen MR) is 120 cm³/mol. The third kappa shape index (κ3) is 4.66. The monoisotopic (exact) mass is 421 g/mol. The van der Waals surface area contributed by atoms with Crippen molar-refractivity contribution in [2.24, 2.45) is 0 Å². The van der Waals surface area contributed by atoms with E-state index in [2.05, 4.69) is 40.1 Å². The Kier molecular flexibility index (Phi) is 6.05. The van der Waals surface area contributed by atoms with E-state index in [1.165, 1.54) is 11.9 Å². The molecular formula is C20H23N9S. The summed E-state index contributed by atoms with van der Waals surface area (Å²) in [5.41, 5.74) is 3.46. The van der Waals surface area contributed by atoms with Crippen LogP contribution in [0.25, 0.3) is 22.4 Å². The Morgan fingerprint density at radius 1 is 1.07 bits per heavy atom. The molecule has 0 aliphatic heterocycles. The van der Waals surface area contributed by atoms with Crippen molar-refractivity contribution >= 4 is 34.5 Å². The summed E-state index contributed by atoms with van der Waals surface area (Å²) in [5.74, 6) is 1.43. The molecule has 0 fully saturated rings. The van der Waals surface area contributed by atoms with Crippen molar-refractivity contribution in [1.29, 1.82) is 0 Å². The van der Waals surface area contributed by atoms with Gasteiger partial charge in [0.1, 0.15) is 5.82 Å². The molecule has 9 nitrogen and oxygen atoms in total. The number of benzene rings is 1. The van der Waals surface area contributed by atoms with Crippen LogP contribution in [0.1, 0.15) is 5.69 Å². The van der Waals surface area contributed by atoms with E-state index in [-0.39, 0.29) is 0 Å². The van der Waals surface area contributed by atoms with Gasteiger partial charge < -0.3 is 14.9 Å². The zero-order valence-corrected chi connectivity index (χ0v) is 17.9. The molecule has 4 rings (SSSR count). The minimum Gasteiger partial charge on any atom is -0.368 e. The van der Waals surface area contributed by atoms with Crippen molar-refractivity contribution in [2.75, 3.05) is 37.2 Å². The van der Waals surface area contributed by atoms with Crippen LogP contribution in [-0.2, 0) is 0 Å². The maximum absolute atomic E-state index is 4.78. The van der Waals surface area contributed by atoms with Crippen LogP contribution in [0.3, 0.4) is 0 Å². The number of likely N-dealkylation sites (N-methyl/N-ethyl adjacent to an activating group) is 1. The van der Waals surface area contributed by atoms with Gasteiger partial charge in [0, 0.05) is 54.4 Å². The van der Waals surface area contributed by atoms with Gasteiger partial charge in [-0.3, -0.25) is 5.10 Å². The molecule has 0 radical (unpaired) electrons. The van der Waals surface area contributed by atoms with Gasteiger partial charge in [0.05, 0.1) is 5.39 Å². The lowest BCUT2D eigenvalue weighted by atomic mass is 10.2. The topological polar surface area (TPSA) is 108 Å². The van der Waals surface area contributed by atoms with E-state index in [9.17, 15) is 0 Å². The summed E-state index contributed by atoms with van der Waals surface area (Å²) in [7, 11) is 4.09. The number of aromatic nitrogens is 6. The summed E-state index contributed by atoms with van der Waals surface area (Å²) in [6, 6.07) is 9.72. The Labute approximate surface area is 178 Å². The Balaban J connectivity index is 1.54. The zero-order valence-electron chi connectivity index (χ0n) is 17.0.